The quantitative estimate of drug-likeness (QED) is 0.704. The Morgan fingerprint density at radius 3 is 2.47 bits per heavy atom. The van der Waals surface area contributed by atoms with E-state index in [1.165, 1.54) is 30.0 Å². The zero-order valence-electron chi connectivity index (χ0n) is 16.6. The van der Waals surface area contributed by atoms with E-state index in [0.29, 0.717) is 12.8 Å². The molecule has 0 radical (unpaired) electrons. The molecule has 1 aromatic heterocycles. The first-order valence-corrected chi connectivity index (χ1v) is 9.69. The number of rotatable bonds is 4. The first-order chi connectivity index (χ1) is 14.1. The third-order valence-corrected chi connectivity index (χ3v) is 5.23. The van der Waals surface area contributed by atoms with Gasteiger partial charge in [-0.2, -0.15) is 13.2 Å². The van der Waals surface area contributed by atoms with Crippen molar-refractivity contribution in [1.82, 2.24) is 14.5 Å². The monoisotopic (exact) mass is 425 g/mol. The highest BCUT2D eigenvalue weighted by molar-refractivity contribution is 5.84. The Morgan fingerprint density at radius 1 is 1.23 bits per heavy atom. The van der Waals surface area contributed by atoms with Gasteiger partial charge >= 0.3 is 12.1 Å². The van der Waals surface area contributed by atoms with E-state index in [4.69, 9.17) is 4.74 Å². The molecule has 3 rings (SSSR count). The molecular weight excluding hydrogens is 403 g/mol. The fraction of sp³-hybridized carbons (Fsp3) is 0.500. The van der Waals surface area contributed by atoms with Crippen molar-refractivity contribution in [2.45, 2.75) is 38.9 Å². The van der Waals surface area contributed by atoms with E-state index >= 15 is 0 Å². The van der Waals surface area contributed by atoms with Gasteiger partial charge in [0.25, 0.3) is 5.56 Å². The number of para-hydroxylation sites is 2. The van der Waals surface area contributed by atoms with Crippen molar-refractivity contribution in [3.8, 4) is 0 Å². The molecule has 0 unspecified atom stereocenters. The van der Waals surface area contributed by atoms with E-state index in [2.05, 4.69) is 4.98 Å². The third-order valence-electron chi connectivity index (χ3n) is 5.23. The van der Waals surface area contributed by atoms with Crippen LogP contribution in [-0.4, -0.2) is 46.0 Å². The highest BCUT2D eigenvalue weighted by Crippen LogP contribution is 2.28. The van der Waals surface area contributed by atoms with Gasteiger partial charge in [-0.05, 0) is 38.8 Å². The van der Waals surface area contributed by atoms with E-state index in [9.17, 15) is 27.6 Å². The number of nitrogens with zero attached hydrogens (tertiary/aromatic N) is 3. The minimum absolute atomic E-state index is 0.0231. The van der Waals surface area contributed by atoms with Crippen LogP contribution in [-0.2, 0) is 20.5 Å². The zero-order valence-corrected chi connectivity index (χ0v) is 16.6. The maximum atomic E-state index is 13.3. The number of hydrogen-bond donors (Lipinski definition) is 0. The number of hydrogen-bond acceptors (Lipinski definition) is 5. The number of ether oxygens (including phenoxy) is 1. The molecule has 30 heavy (non-hydrogen) atoms. The van der Waals surface area contributed by atoms with Crippen LogP contribution in [0.3, 0.4) is 0 Å². The van der Waals surface area contributed by atoms with Crippen molar-refractivity contribution >= 4 is 22.9 Å². The summed E-state index contributed by atoms with van der Waals surface area (Å²) in [6, 6.07) is 4.74. The molecule has 1 amide bonds. The van der Waals surface area contributed by atoms with Gasteiger partial charge < -0.3 is 9.64 Å². The normalized spacial score (nSPS) is 16.5. The summed E-state index contributed by atoms with van der Waals surface area (Å²) in [4.78, 5) is 42.4. The SMILES string of the molecule is CCOC(=O)C1CCN(C(=O)[C@@H](C)n2c(=O)c(C(F)(F)F)nc3ccccc32)CC1. The van der Waals surface area contributed by atoms with Crippen molar-refractivity contribution in [2.24, 2.45) is 5.92 Å². The molecule has 0 N–H and O–H groups in total. The van der Waals surface area contributed by atoms with Gasteiger partial charge in [0.1, 0.15) is 6.04 Å². The molecule has 0 saturated carbocycles. The molecule has 1 fully saturated rings. The Kier molecular flexibility index (Phi) is 6.14. The van der Waals surface area contributed by atoms with Gasteiger partial charge in [0.2, 0.25) is 11.6 Å². The summed E-state index contributed by atoms with van der Waals surface area (Å²) in [7, 11) is 0. The number of esters is 1. The summed E-state index contributed by atoms with van der Waals surface area (Å²) in [5.41, 5.74) is -2.78. The number of carbonyl (C=O) groups excluding carboxylic acids is 2. The fourth-order valence-electron chi connectivity index (χ4n) is 3.69. The van der Waals surface area contributed by atoms with E-state index in [0.717, 1.165) is 4.57 Å². The van der Waals surface area contributed by atoms with Crippen molar-refractivity contribution in [2.75, 3.05) is 19.7 Å². The van der Waals surface area contributed by atoms with Crippen LogP contribution < -0.4 is 5.56 Å². The standard InChI is InChI=1S/C20H22F3N3O4/c1-3-30-19(29)13-8-10-25(11-9-13)17(27)12(2)26-15-7-5-4-6-14(15)24-16(18(26)28)20(21,22)23/h4-7,12-13H,3,8-11H2,1-2H3/t12-/m1/s1. The zero-order chi connectivity index (χ0) is 22.1. The lowest BCUT2D eigenvalue weighted by molar-refractivity contribution is -0.151. The van der Waals surface area contributed by atoms with Crippen molar-refractivity contribution in [1.29, 1.82) is 0 Å². The van der Waals surface area contributed by atoms with Crippen LogP contribution in [0.1, 0.15) is 38.4 Å². The van der Waals surface area contributed by atoms with Gasteiger partial charge in [0.05, 0.1) is 23.6 Å². The summed E-state index contributed by atoms with van der Waals surface area (Å²) in [6.45, 7) is 3.90. The van der Waals surface area contributed by atoms with E-state index < -0.39 is 29.4 Å². The molecule has 10 heteroatoms. The van der Waals surface area contributed by atoms with E-state index in [1.807, 2.05) is 0 Å². The first-order valence-electron chi connectivity index (χ1n) is 9.69. The number of fused-ring (bicyclic) bond motifs is 1. The number of piperidine rings is 1. The molecule has 0 aliphatic carbocycles. The van der Waals surface area contributed by atoms with E-state index in [-0.39, 0.29) is 42.6 Å². The molecule has 7 nitrogen and oxygen atoms in total. The molecule has 2 aromatic rings. The summed E-state index contributed by atoms with van der Waals surface area (Å²) in [6.07, 6.45) is -4.14. The topological polar surface area (TPSA) is 81.5 Å². The Morgan fingerprint density at radius 2 is 1.87 bits per heavy atom. The second kappa shape index (κ2) is 8.45. The van der Waals surface area contributed by atoms with Crippen LogP contribution in [0.2, 0.25) is 0 Å². The molecular formula is C20H22F3N3O4. The minimum Gasteiger partial charge on any atom is -0.466 e. The number of aromatic nitrogens is 2. The number of benzene rings is 1. The lowest BCUT2D eigenvalue weighted by Crippen LogP contribution is -2.45. The molecule has 1 aromatic carbocycles. The summed E-state index contributed by atoms with van der Waals surface area (Å²) in [5.74, 6) is -1.11. The Bertz CT molecular complexity index is 1010. The molecule has 1 aliphatic rings. The maximum absolute atomic E-state index is 13.3. The predicted molar refractivity (Wildman–Crippen MR) is 102 cm³/mol. The second-order valence-corrected chi connectivity index (χ2v) is 7.15. The van der Waals surface area contributed by atoms with Crippen LogP contribution in [0.15, 0.2) is 29.1 Å². The number of likely N-dealkylation sites (tertiary alicyclic amines) is 1. The Hall–Kier alpha value is -2.91. The molecule has 1 saturated heterocycles. The Labute approximate surface area is 170 Å². The lowest BCUT2D eigenvalue weighted by atomic mass is 9.96. The summed E-state index contributed by atoms with van der Waals surface area (Å²) in [5, 5.41) is 0. The minimum atomic E-state index is -4.94. The van der Waals surface area contributed by atoms with Gasteiger partial charge in [-0.1, -0.05) is 12.1 Å². The van der Waals surface area contributed by atoms with Crippen LogP contribution >= 0.6 is 0 Å². The summed E-state index contributed by atoms with van der Waals surface area (Å²) >= 11 is 0. The molecule has 2 heterocycles. The highest BCUT2D eigenvalue weighted by atomic mass is 19.4. The molecule has 0 spiro atoms. The molecule has 1 atom stereocenters. The van der Waals surface area contributed by atoms with Gasteiger partial charge in [-0.25, -0.2) is 4.98 Å². The molecule has 1 aliphatic heterocycles. The van der Waals surface area contributed by atoms with E-state index in [1.54, 1.807) is 13.0 Å². The Balaban J connectivity index is 1.91. The first kappa shape index (κ1) is 21.8. The average molecular weight is 425 g/mol. The predicted octanol–water partition coefficient (Wildman–Crippen LogP) is 2.78. The average Bonchev–Trinajstić information content (AvgIpc) is 2.72. The van der Waals surface area contributed by atoms with Crippen LogP contribution in [0.25, 0.3) is 11.0 Å². The smallest absolute Gasteiger partial charge is 0.438 e. The maximum Gasteiger partial charge on any atom is 0.438 e. The van der Waals surface area contributed by atoms with Crippen LogP contribution in [0.4, 0.5) is 13.2 Å². The van der Waals surface area contributed by atoms with Gasteiger partial charge in [0.15, 0.2) is 0 Å². The van der Waals surface area contributed by atoms with Crippen LogP contribution in [0, 0.1) is 5.92 Å². The van der Waals surface area contributed by atoms with Crippen molar-refractivity contribution in [3.63, 3.8) is 0 Å². The van der Waals surface area contributed by atoms with Crippen LogP contribution in [0.5, 0.6) is 0 Å². The number of alkyl halides is 3. The fourth-order valence-corrected chi connectivity index (χ4v) is 3.69. The second-order valence-electron chi connectivity index (χ2n) is 7.15. The van der Waals surface area contributed by atoms with Gasteiger partial charge in [-0.15, -0.1) is 0 Å². The van der Waals surface area contributed by atoms with Gasteiger partial charge in [0, 0.05) is 13.1 Å². The van der Waals surface area contributed by atoms with Gasteiger partial charge in [-0.3, -0.25) is 19.0 Å². The highest BCUT2D eigenvalue weighted by Gasteiger charge is 2.39. The lowest BCUT2D eigenvalue weighted by Gasteiger charge is -2.33. The summed E-state index contributed by atoms with van der Waals surface area (Å²) < 4.78 is 45.9. The number of amides is 1. The largest absolute Gasteiger partial charge is 0.466 e. The number of halogens is 3. The third kappa shape index (κ3) is 4.17. The number of carbonyl (C=O) groups is 2. The van der Waals surface area contributed by atoms with Crippen molar-refractivity contribution in [3.05, 3.63) is 40.3 Å². The molecule has 0 bridgehead atoms. The van der Waals surface area contributed by atoms with Crippen molar-refractivity contribution < 1.29 is 27.5 Å². The molecule has 162 valence electrons.